The first-order chi connectivity index (χ1) is 12.8. The smallest absolute Gasteiger partial charge is 0.217 e. The summed E-state index contributed by atoms with van der Waals surface area (Å²) >= 11 is 0. The third kappa shape index (κ3) is 3.91. The number of hydrogen-bond acceptors (Lipinski definition) is 3. The highest BCUT2D eigenvalue weighted by Crippen LogP contribution is 2.37. The molecule has 2 aromatic carbocycles. The van der Waals surface area contributed by atoms with Crippen LogP contribution in [-0.2, 0) is 9.57 Å². The van der Waals surface area contributed by atoms with Crippen molar-refractivity contribution in [2.24, 2.45) is 0 Å². The highest BCUT2D eigenvalue weighted by molar-refractivity contribution is 5.63. The van der Waals surface area contributed by atoms with Gasteiger partial charge in [-0.3, -0.25) is 5.21 Å². The average molecular weight is 351 g/mol. The van der Waals surface area contributed by atoms with Crippen LogP contribution in [0.1, 0.15) is 55.1 Å². The predicted molar refractivity (Wildman–Crippen MR) is 101 cm³/mol. The molecule has 0 saturated heterocycles. The molecule has 2 aromatic rings. The topological polar surface area (TPSA) is 44.5 Å². The quantitative estimate of drug-likeness (QED) is 0.746. The molecule has 4 rings (SSSR count). The molecule has 0 unspecified atom stereocenters. The summed E-state index contributed by atoms with van der Waals surface area (Å²) in [5, 5.41) is 12.0. The minimum atomic E-state index is -0.503. The molecule has 1 fully saturated rings. The number of nitrogens with zero attached hydrogens (tertiary/aromatic N) is 1. The second kappa shape index (κ2) is 7.92. The lowest BCUT2D eigenvalue weighted by atomic mass is 9.81. The van der Waals surface area contributed by atoms with Crippen LogP contribution < -0.4 is 0 Å². The summed E-state index contributed by atoms with van der Waals surface area (Å²) in [4.78, 5) is 6.00. The van der Waals surface area contributed by atoms with Crippen LogP contribution in [0.2, 0.25) is 0 Å². The van der Waals surface area contributed by atoms with Gasteiger partial charge < -0.3 is 9.57 Å². The zero-order valence-electron chi connectivity index (χ0n) is 14.9. The molecule has 0 amide bonds. The van der Waals surface area contributed by atoms with E-state index < -0.39 is 6.29 Å². The van der Waals surface area contributed by atoms with Crippen molar-refractivity contribution in [3.05, 3.63) is 77.0 Å². The van der Waals surface area contributed by atoms with E-state index in [9.17, 15) is 5.21 Å². The summed E-state index contributed by atoms with van der Waals surface area (Å²) in [6, 6.07) is 20.6. The number of ether oxygens (including phenoxy) is 1. The predicted octanol–water partition coefficient (Wildman–Crippen LogP) is 4.76. The van der Waals surface area contributed by atoms with Crippen molar-refractivity contribution in [2.45, 2.75) is 56.3 Å². The molecule has 1 aliphatic heterocycles. The summed E-state index contributed by atoms with van der Waals surface area (Å²) in [6.07, 6.45) is 6.37. The van der Waals surface area contributed by atoms with Gasteiger partial charge in [-0.1, -0.05) is 73.5 Å². The van der Waals surface area contributed by atoms with Crippen molar-refractivity contribution in [3.63, 3.8) is 0 Å². The van der Waals surface area contributed by atoms with Crippen molar-refractivity contribution in [1.29, 1.82) is 0 Å². The first kappa shape index (κ1) is 17.1. The first-order valence-corrected chi connectivity index (χ1v) is 9.53. The SMILES string of the molecule is [O-][N+]1=C[C@H](c2ccccc2)C[C@@H](O[C@@H]2CCCC[C@H]2c2ccccc2)O1. The van der Waals surface area contributed by atoms with Crippen molar-refractivity contribution in [1.82, 2.24) is 0 Å². The second-order valence-electron chi connectivity index (χ2n) is 7.20. The highest BCUT2D eigenvalue weighted by Gasteiger charge is 2.33. The van der Waals surface area contributed by atoms with Gasteiger partial charge in [-0.2, -0.15) is 0 Å². The molecule has 0 bridgehead atoms. The first-order valence-electron chi connectivity index (χ1n) is 9.53. The van der Waals surface area contributed by atoms with Gasteiger partial charge in [0.1, 0.15) is 0 Å². The van der Waals surface area contributed by atoms with Gasteiger partial charge in [0.05, 0.1) is 12.0 Å². The van der Waals surface area contributed by atoms with Gasteiger partial charge in [0, 0.05) is 17.2 Å². The fraction of sp³-hybridized carbons (Fsp3) is 0.409. The largest absolute Gasteiger partial charge is 0.372 e. The zero-order chi connectivity index (χ0) is 17.8. The number of hydrogen-bond donors (Lipinski definition) is 0. The van der Waals surface area contributed by atoms with Gasteiger partial charge >= 0.3 is 0 Å². The molecule has 1 heterocycles. The fourth-order valence-electron chi connectivity index (χ4n) is 4.15. The van der Waals surface area contributed by atoms with Crippen LogP contribution in [0.15, 0.2) is 60.7 Å². The van der Waals surface area contributed by atoms with E-state index in [2.05, 4.69) is 24.3 Å². The standard InChI is InChI=1S/C22H25NO3/c24-23-16-19(17-9-3-1-4-10-17)15-22(26-23)25-21-14-8-7-13-20(21)18-11-5-2-6-12-18/h1-6,9-12,16,19-22H,7-8,13-15H2/t19-,20+,21-,22+/m1/s1. The van der Waals surface area contributed by atoms with Crippen LogP contribution >= 0.6 is 0 Å². The third-order valence-electron chi connectivity index (χ3n) is 5.45. The maximum absolute atomic E-state index is 12.0. The molecular weight excluding hydrogens is 326 g/mol. The minimum absolute atomic E-state index is 0.0196. The third-order valence-corrected chi connectivity index (χ3v) is 5.45. The molecular formula is C22H25NO3. The second-order valence-corrected chi connectivity index (χ2v) is 7.20. The van der Waals surface area contributed by atoms with Gasteiger partial charge in [0.15, 0.2) is 6.29 Å². The fourth-order valence-corrected chi connectivity index (χ4v) is 4.15. The van der Waals surface area contributed by atoms with Gasteiger partial charge in [-0.15, -0.1) is 0 Å². The summed E-state index contributed by atoms with van der Waals surface area (Å²) in [5.74, 6) is 0.390. The van der Waals surface area contributed by atoms with Crippen LogP contribution in [0.5, 0.6) is 0 Å². The van der Waals surface area contributed by atoms with E-state index in [4.69, 9.17) is 9.57 Å². The van der Waals surface area contributed by atoms with E-state index in [1.807, 2.05) is 36.4 Å². The van der Waals surface area contributed by atoms with E-state index in [1.54, 1.807) is 6.21 Å². The van der Waals surface area contributed by atoms with Gasteiger partial charge in [0.25, 0.3) is 0 Å². The van der Waals surface area contributed by atoms with Crippen molar-refractivity contribution in [3.8, 4) is 0 Å². The minimum Gasteiger partial charge on any atom is -0.372 e. The van der Waals surface area contributed by atoms with E-state index in [-0.39, 0.29) is 12.0 Å². The molecule has 4 atom stereocenters. The van der Waals surface area contributed by atoms with Gasteiger partial charge in [-0.25, -0.2) is 0 Å². The van der Waals surface area contributed by atoms with E-state index >= 15 is 0 Å². The highest BCUT2D eigenvalue weighted by atomic mass is 16.9. The monoisotopic (exact) mass is 351 g/mol. The molecule has 0 spiro atoms. The maximum Gasteiger partial charge on any atom is 0.217 e. The van der Waals surface area contributed by atoms with Crippen LogP contribution in [0.25, 0.3) is 0 Å². The Kier molecular flexibility index (Phi) is 5.21. The zero-order valence-corrected chi connectivity index (χ0v) is 14.9. The van der Waals surface area contributed by atoms with Crippen molar-refractivity contribution >= 4 is 6.21 Å². The number of benzene rings is 2. The Balaban J connectivity index is 1.48. The van der Waals surface area contributed by atoms with E-state index in [0.717, 1.165) is 24.8 Å². The van der Waals surface area contributed by atoms with Crippen LogP contribution in [0.3, 0.4) is 0 Å². The molecule has 1 saturated carbocycles. The van der Waals surface area contributed by atoms with Gasteiger partial charge in [0.2, 0.25) is 6.21 Å². The summed E-state index contributed by atoms with van der Waals surface area (Å²) in [7, 11) is 0. The number of rotatable bonds is 4. The summed E-state index contributed by atoms with van der Waals surface area (Å²) in [6.45, 7) is 0. The lowest BCUT2D eigenvalue weighted by molar-refractivity contribution is -0.769. The van der Waals surface area contributed by atoms with Crippen LogP contribution in [0, 0.1) is 5.21 Å². The van der Waals surface area contributed by atoms with Crippen LogP contribution in [-0.4, -0.2) is 23.5 Å². The molecule has 2 aliphatic rings. The normalized spacial score (nSPS) is 28.8. The van der Waals surface area contributed by atoms with Crippen molar-refractivity contribution < 1.29 is 14.5 Å². The summed E-state index contributed by atoms with van der Waals surface area (Å²) < 4.78 is 6.34. The van der Waals surface area contributed by atoms with Crippen molar-refractivity contribution in [2.75, 3.05) is 0 Å². The van der Waals surface area contributed by atoms with Gasteiger partial charge in [-0.05, 0) is 24.0 Å². The molecule has 1 aliphatic carbocycles. The molecule has 136 valence electrons. The Morgan fingerprint density at radius 2 is 1.54 bits per heavy atom. The van der Waals surface area contributed by atoms with E-state index in [0.29, 0.717) is 17.2 Å². The lowest BCUT2D eigenvalue weighted by Crippen LogP contribution is -2.37. The molecule has 4 heteroatoms. The van der Waals surface area contributed by atoms with E-state index in [1.165, 1.54) is 12.0 Å². The molecule has 26 heavy (non-hydrogen) atoms. The Hall–Kier alpha value is -2.33. The maximum atomic E-state index is 12.0. The molecule has 0 radical (unpaired) electrons. The lowest BCUT2D eigenvalue weighted by Gasteiger charge is -2.36. The Labute approximate surface area is 154 Å². The summed E-state index contributed by atoms with van der Waals surface area (Å²) in [5.41, 5.74) is 2.44. The Morgan fingerprint density at radius 1 is 0.885 bits per heavy atom. The molecule has 4 nitrogen and oxygen atoms in total. The molecule has 0 aromatic heterocycles. The average Bonchev–Trinajstić information content (AvgIpc) is 2.69. The van der Waals surface area contributed by atoms with Crippen LogP contribution in [0.4, 0.5) is 0 Å². The molecule has 0 N–H and O–H groups in total. The Bertz CT molecular complexity index is 732. The Morgan fingerprint density at radius 3 is 2.27 bits per heavy atom.